The summed E-state index contributed by atoms with van der Waals surface area (Å²) in [4.78, 5) is 8.47. The van der Waals surface area contributed by atoms with Crippen LogP contribution in [0.25, 0.3) is 22.3 Å². The zero-order chi connectivity index (χ0) is 17.2. The molecule has 0 amide bonds. The Morgan fingerprint density at radius 1 is 0.960 bits per heavy atom. The standard InChI is InChI=1S/C18H17B2N5/c19-20-25-18-15(17(21)22-11-23-18)16(24-25)14-8-6-13(7-9-14)10-12-4-2-1-3-5-12/h1-9,11,20H,10,19H2,(H2,21,22,23). The number of anilines is 1. The molecule has 0 spiro atoms. The van der Waals surface area contributed by atoms with Gasteiger partial charge in [-0.3, -0.25) is 0 Å². The minimum absolute atomic E-state index is 0.466. The number of rotatable bonds is 4. The molecule has 5 nitrogen and oxygen atoms in total. The molecule has 2 aromatic heterocycles. The summed E-state index contributed by atoms with van der Waals surface area (Å²) < 4.78 is 1.86. The molecule has 0 saturated carbocycles. The fourth-order valence-electron chi connectivity index (χ4n) is 3.06. The number of hydrogen-bond donors (Lipinski definition) is 1. The summed E-state index contributed by atoms with van der Waals surface area (Å²) >= 11 is 0. The summed E-state index contributed by atoms with van der Waals surface area (Å²) in [7, 11) is 2.77. The van der Waals surface area contributed by atoms with Gasteiger partial charge in [0.15, 0.2) is 0 Å². The summed E-state index contributed by atoms with van der Waals surface area (Å²) in [5.74, 6) is 0.466. The van der Waals surface area contributed by atoms with E-state index in [4.69, 9.17) is 5.73 Å². The maximum atomic E-state index is 6.09. The van der Waals surface area contributed by atoms with Crippen LogP contribution in [0.1, 0.15) is 11.1 Å². The van der Waals surface area contributed by atoms with E-state index in [1.807, 2.05) is 18.4 Å². The van der Waals surface area contributed by atoms with E-state index in [0.29, 0.717) is 5.82 Å². The van der Waals surface area contributed by atoms with Crippen LogP contribution in [0.15, 0.2) is 60.9 Å². The fraction of sp³-hybridized carbons (Fsp3) is 0.0556. The van der Waals surface area contributed by atoms with Crippen LogP contribution in [0.5, 0.6) is 0 Å². The van der Waals surface area contributed by atoms with Gasteiger partial charge in [-0.1, -0.05) is 54.6 Å². The van der Waals surface area contributed by atoms with Gasteiger partial charge in [-0.25, -0.2) is 9.97 Å². The molecule has 2 aromatic carbocycles. The van der Waals surface area contributed by atoms with E-state index >= 15 is 0 Å². The Morgan fingerprint density at radius 2 is 1.68 bits per heavy atom. The summed E-state index contributed by atoms with van der Waals surface area (Å²) in [6, 6.07) is 18.9. The Bertz CT molecular complexity index is 1010. The van der Waals surface area contributed by atoms with Crippen LogP contribution < -0.4 is 5.73 Å². The van der Waals surface area contributed by atoms with Gasteiger partial charge < -0.3 is 10.3 Å². The predicted octanol–water partition coefficient (Wildman–Crippen LogP) is 1.41. The molecule has 4 rings (SSSR count). The van der Waals surface area contributed by atoms with Gasteiger partial charge in [-0.05, 0) is 17.5 Å². The first-order chi connectivity index (χ1) is 12.3. The molecule has 0 bridgehead atoms. The highest BCUT2D eigenvalue weighted by molar-refractivity contribution is 6.88. The molecule has 7 heteroatoms. The Hall–Kier alpha value is -3.08. The third-order valence-electron chi connectivity index (χ3n) is 4.34. The second kappa shape index (κ2) is 6.43. The first-order valence-corrected chi connectivity index (χ1v) is 8.36. The van der Waals surface area contributed by atoms with Crippen molar-refractivity contribution in [2.45, 2.75) is 6.42 Å². The van der Waals surface area contributed by atoms with E-state index in [0.717, 1.165) is 36.0 Å². The second-order valence-corrected chi connectivity index (χ2v) is 5.98. The van der Waals surface area contributed by atoms with Gasteiger partial charge in [-0.2, -0.15) is 5.10 Å². The van der Waals surface area contributed by atoms with Crippen molar-refractivity contribution in [3.05, 3.63) is 72.1 Å². The van der Waals surface area contributed by atoms with E-state index in [9.17, 15) is 0 Å². The van der Waals surface area contributed by atoms with Crippen LogP contribution in [0.2, 0.25) is 0 Å². The van der Waals surface area contributed by atoms with Crippen molar-refractivity contribution in [3.8, 4) is 11.3 Å². The number of nitrogens with zero attached hydrogens (tertiary/aromatic N) is 4. The smallest absolute Gasteiger partial charge is 0.225 e. The minimum atomic E-state index is 0.466. The fourth-order valence-corrected chi connectivity index (χ4v) is 3.06. The van der Waals surface area contributed by atoms with Gasteiger partial charge in [0.2, 0.25) is 7.31 Å². The number of fused-ring (bicyclic) bond motifs is 1. The lowest BCUT2D eigenvalue weighted by Crippen LogP contribution is -2.08. The Morgan fingerprint density at radius 3 is 2.40 bits per heavy atom. The van der Waals surface area contributed by atoms with Gasteiger partial charge in [0.05, 0.1) is 13.1 Å². The van der Waals surface area contributed by atoms with Crippen LogP contribution in [0.4, 0.5) is 5.82 Å². The highest BCUT2D eigenvalue weighted by Gasteiger charge is 2.16. The molecule has 2 heterocycles. The Balaban J connectivity index is 1.72. The molecular weight excluding hydrogens is 308 g/mol. The zero-order valence-corrected chi connectivity index (χ0v) is 14.1. The first kappa shape index (κ1) is 15.4. The van der Waals surface area contributed by atoms with Gasteiger partial charge in [0.1, 0.15) is 23.5 Å². The molecule has 0 saturated heterocycles. The lowest BCUT2D eigenvalue weighted by molar-refractivity contribution is 0.999. The molecule has 0 aliphatic rings. The number of hydrogen-bond acceptors (Lipinski definition) is 4. The van der Waals surface area contributed by atoms with Gasteiger partial charge in [0.25, 0.3) is 0 Å². The van der Waals surface area contributed by atoms with Gasteiger partial charge >= 0.3 is 0 Å². The number of nitrogen functional groups attached to an aromatic ring is 1. The average molecular weight is 325 g/mol. The van der Waals surface area contributed by atoms with Crippen molar-refractivity contribution in [2.24, 2.45) is 0 Å². The van der Waals surface area contributed by atoms with Crippen LogP contribution in [0, 0.1) is 0 Å². The van der Waals surface area contributed by atoms with E-state index in [1.54, 1.807) is 0 Å². The summed E-state index contributed by atoms with van der Waals surface area (Å²) in [5.41, 5.74) is 11.3. The van der Waals surface area contributed by atoms with E-state index in [2.05, 4.69) is 63.6 Å². The summed E-state index contributed by atoms with van der Waals surface area (Å²) in [6.07, 6.45) is 2.40. The average Bonchev–Trinajstić information content (AvgIpc) is 3.03. The molecule has 0 radical (unpaired) electrons. The van der Waals surface area contributed by atoms with Crippen molar-refractivity contribution < 1.29 is 0 Å². The van der Waals surface area contributed by atoms with E-state index in [1.165, 1.54) is 17.5 Å². The van der Waals surface area contributed by atoms with Crippen molar-refractivity contribution in [2.75, 3.05) is 5.73 Å². The molecule has 0 unspecified atom stereocenters. The third kappa shape index (κ3) is 2.89. The van der Waals surface area contributed by atoms with Gasteiger partial charge in [-0.15, -0.1) is 0 Å². The van der Waals surface area contributed by atoms with Crippen molar-refractivity contribution in [1.29, 1.82) is 0 Å². The zero-order valence-electron chi connectivity index (χ0n) is 14.1. The molecule has 0 aliphatic heterocycles. The SMILES string of the molecule is BBn1nc(-c2ccc(Cc3ccccc3)cc2)c2c(N)ncnc21. The molecular formula is C18H17B2N5. The molecule has 0 fully saturated rings. The Labute approximate surface area is 147 Å². The maximum absolute atomic E-state index is 6.09. The molecule has 0 atom stereocenters. The Kier molecular flexibility index (Phi) is 3.98. The highest BCUT2D eigenvalue weighted by Crippen LogP contribution is 2.29. The number of nitrogens with two attached hydrogens (primary N) is 1. The van der Waals surface area contributed by atoms with Gasteiger partial charge in [0, 0.05) is 5.56 Å². The third-order valence-corrected chi connectivity index (χ3v) is 4.34. The maximum Gasteiger partial charge on any atom is 0.225 e. The first-order valence-electron chi connectivity index (χ1n) is 8.36. The van der Waals surface area contributed by atoms with Crippen LogP contribution in [-0.4, -0.2) is 34.7 Å². The van der Waals surface area contributed by atoms with E-state index < -0.39 is 0 Å². The van der Waals surface area contributed by atoms with Crippen LogP contribution in [0.3, 0.4) is 0 Å². The van der Waals surface area contributed by atoms with Crippen molar-refractivity contribution >= 4 is 31.9 Å². The van der Waals surface area contributed by atoms with Crippen LogP contribution >= 0.6 is 0 Å². The largest absolute Gasteiger partial charge is 0.383 e. The highest BCUT2D eigenvalue weighted by atomic mass is 15.3. The summed E-state index contributed by atoms with van der Waals surface area (Å²) in [5, 5.41) is 5.51. The molecule has 120 valence electrons. The predicted molar refractivity (Wildman–Crippen MR) is 106 cm³/mol. The normalized spacial score (nSPS) is 10.9. The topological polar surface area (TPSA) is 69.6 Å². The second-order valence-electron chi connectivity index (χ2n) is 5.98. The molecule has 0 aliphatic carbocycles. The van der Waals surface area contributed by atoms with Crippen LogP contribution in [-0.2, 0) is 6.42 Å². The van der Waals surface area contributed by atoms with E-state index in [-0.39, 0.29) is 0 Å². The quantitative estimate of drug-likeness (QED) is 0.576. The molecule has 2 N–H and O–H groups in total. The lowest BCUT2D eigenvalue weighted by Gasteiger charge is -2.04. The number of benzene rings is 2. The molecule has 4 aromatic rings. The van der Waals surface area contributed by atoms with Crippen molar-refractivity contribution in [1.82, 2.24) is 19.7 Å². The molecule has 25 heavy (non-hydrogen) atoms. The lowest BCUT2D eigenvalue weighted by atomic mass is 9.67. The summed E-state index contributed by atoms with van der Waals surface area (Å²) in [6.45, 7) is 0. The monoisotopic (exact) mass is 325 g/mol. The number of aromatic nitrogens is 4. The van der Waals surface area contributed by atoms with Crippen molar-refractivity contribution in [3.63, 3.8) is 0 Å². The minimum Gasteiger partial charge on any atom is -0.383 e.